The van der Waals surface area contributed by atoms with Gasteiger partial charge in [0.25, 0.3) is 0 Å². The van der Waals surface area contributed by atoms with Crippen molar-refractivity contribution >= 4 is 38.6 Å². The summed E-state index contributed by atoms with van der Waals surface area (Å²) >= 11 is -0.0813. The fourth-order valence-corrected chi connectivity index (χ4v) is 2.37. The van der Waals surface area contributed by atoms with Crippen molar-refractivity contribution in [1.82, 2.24) is 0 Å². The number of hydrogen-bond acceptors (Lipinski definition) is 4. The molecule has 14 heavy (non-hydrogen) atoms. The second-order valence-corrected chi connectivity index (χ2v) is 5.73. The van der Waals surface area contributed by atoms with Gasteiger partial charge in [-0.25, -0.2) is 0 Å². The monoisotopic (exact) mass is 394 g/mol. The van der Waals surface area contributed by atoms with Crippen molar-refractivity contribution in [2.24, 2.45) is 0 Å². The Bertz CT molecular complexity index is 216. The second-order valence-electron chi connectivity index (χ2n) is 1.15. The van der Waals surface area contributed by atoms with Gasteiger partial charge in [0.05, 0.1) is 0 Å². The molecule has 2 radical (unpaired) electrons. The van der Waals surface area contributed by atoms with E-state index >= 15 is 0 Å². The molecule has 14 heteroatoms. The normalized spacial score (nSPS) is 13.1. The Morgan fingerprint density at radius 2 is 1.29 bits per heavy atom. The predicted molar refractivity (Wildman–Crippen MR) is 35.6 cm³/mol. The fraction of sp³-hybridized carbons (Fsp3) is 0. The van der Waals surface area contributed by atoms with Crippen molar-refractivity contribution in [1.29, 1.82) is 0 Å². The van der Waals surface area contributed by atoms with E-state index in [2.05, 4.69) is 7.17 Å². The maximum Gasteiger partial charge on any atom is 1.00 e. The summed E-state index contributed by atoms with van der Waals surface area (Å²) in [4.78, 5) is 24.3. The van der Waals surface area contributed by atoms with Crippen LogP contribution in [0.3, 0.4) is 0 Å². The van der Waals surface area contributed by atoms with E-state index in [1.165, 1.54) is 0 Å². The Labute approximate surface area is 189 Å². The van der Waals surface area contributed by atoms with E-state index in [0.29, 0.717) is 0 Å². The molecule has 3 N–H and O–H groups in total. The number of rotatable bonds is 3. The Morgan fingerprint density at radius 1 is 1.00 bits per heavy atom. The van der Waals surface area contributed by atoms with Crippen LogP contribution >= 0.6 is 15.6 Å². The summed E-state index contributed by atoms with van der Waals surface area (Å²) in [5.74, 6) is 0. The van der Waals surface area contributed by atoms with Crippen LogP contribution < -0.4 is 118 Å². The van der Waals surface area contributed by atoms with Gasteiger partial charge in [-0.1, -0.05) is 0 Å². The van der Waals surface area contributed by atoms with Crippen LogP contribution in [-0.4, -0.2) is 37.6 Å². The van der Waals surface area contributed by atoms with Crippen LogP contribution in [0.4, 0.5) is 0 Å². The molecule has 0 amide bonds. The Hall–Kier alpha value is 5.06. The van der Waals surface area contributed by atoms with Crippen molar-refractivity contribution in [2.45, 2.75) is 0 Å². The zero-order valence-electron chi connectivity index (χ0n) is 12.4. The average molecular weight is 393 g/mol. The molecule has 0 bridgehead atoms. The molecule has 0 saturated heterocycles. The Kier molecular flexibility index (Phi) is 32.5. The van der Waals surface area contributed by atoms with E-state index < -0.39 is 15.6 Å². The van der Waals surface area contributed by atoms with E-state index in [1.807, 2.05) is 0 Å². The first-order valence-electron chi connectivity index (χ1n) is 1.75. The maximum absolute atomic E-state index is 10.2. The molecule has 0 aromatic rings. The van der Waals surface area contributed by atoms with Crippen molar-refractivity contribution in [3.05, 3.63) is 0 Å². The standard InChI is InChI=1S/4Na.H4O7P2.Sn.5H/c;;;;1-8(2,3)7-9(4,5)6;;;;;;/h;;;;(H2,1,2,3)(H2,4,5,6);;;;;;/q4*+1;;+1;;4*-1/p-1. The summed E-state index contributed by atoms with van der Waals surface area (Å²) in [5.41, 5.74) is 0. The van der Waals surface area contributed by atoms with Crippen LogP contribution in [0.5, 0.6) is 0 Å². The first-order valence-corrected chi connectivity index (χ1v) is 6.12. The van der Waals surface area contributed by atoms with E-state index in [0.717, 1.165) is 0 Å². The van der Waals surface area contributed by atoms with E-state index in [9.17, 15) is 9.13 Å². The van der Waals surface area contributed by atoms with Gasteiger partial charge in [0.2, 0.25) is 0 Å². The van der Waals surface area contributed by atoms with Crippen LogP contribution in [0.15, 0.2) is 0 Å². The van der Waals surface area contributed by atoms with E-state index in [-0.39, 0.29) is 147 Å². The van der Waals surface area contributed by atoms with Crippen molar-refractivity contribution in [2.75, 3.05) is 0 Å². The van der Waals surface area contributed by atoms with Gasteiger partial charge in [0.15, 0.2) is 0 Å². The zero-order valence-corrected chi connectivity index (χ0v) is 21.5. The van der Waals surface area contributed by atoms with Crippen LogP contribution in [0.25, 0.3) is 0 Å². The summed E-state index contributed by atoms with van der Waals surface area (Å²) in [6.45, 7) is 0. The van der Waals surface area contributed by atoms with Gasteiger partial charge in [-0.3, -0.25) is 0 Å². The topological polar surface area (TPSA) is 113 Å². The quantitative estimate of drug-likeness (QED) is 0.323. The molecule has 0 aromatic heterocycles. The summed E-state index contributed by atoms with van der Waals surface area (Å²) in [6, 6.07) is 0. The van der Waals surface area contributed by atoms with Gasteiger partial charge < -0.3 is 5.71 Å². The van der Waals surface area contributed by atoms with Crippen LogP contribution in [-0.2, 0) is 16.3 Å². The fourth-order valence-electron chi connectivity index (χ4n) is 0.154. The maximum atomic E-state index is 10.2. The molecular weight excluding hydrogens is 385 g/mol. The van der Waals surface area contributed by atoms with Gasteiger partial charge >= 0.3 is 188 Å². The Balaban J connectivity index is -0.0000000145. The molecule has 0 aromatic carbocycles. The average Bonchev–Trinajstić information content (AvgIpc) is 1.60. The van der Waals surface area contributed by atoms with Crippen LogP contribution in [0, 0.1) is 0 Å². The van der Waals surface area contributed by atoms with Gasteiger partial charge in [-0.2, -0.15) is 0 Å². The third kappa shape index (κ3) is 22.3. The SMILES string of the molecule is O=P(O)(O)OP(=O)(O)[O][SnH].[H-].[H-].[H-].[H-].[Na+].[Na+].[Na+].[Na+]. The molecule has 0 aliphatic carbocycles. The van der Waals surface area contributed by atoms with Crippen LogP contribution in [0.2, 0.25) is 0 Å². The molecular formula is H8Na4O7P2Sn. The first kappa shape index (κ1) is 31.4. The molecule has 1 atom stereocenters. The van der Waals surface area contributed by atoms with Crippen molar-refractivity contribution in [3.63, 3.8) is 0 Å². The minimum absolute atomic E-state index is 0. The summed E-state index contributed by atoms with van der Waals surface area (Å²) in [7, 11) is -9.42. The molecule has 0 fully saturated rings. The summed E-state index contributed by atoms with van der Waals surface area (Å²) in [5, 5.41) is 0. The van der Waals surface area contributed by atoms with E-state index in [4.69, 9.17) is 14.7 Å². The molecule has 7 nitrogen and oxygen atoms in total. The number of hydrogen-bond donors (Lipinski definition) is 3. The third-order valence-corrected chi connectivity index (χ3v) is 4.57. The largest absolute Gasteiger partial charge is 1.00 e. The second kappa shape index (κ2) is 14.5. The number of phosphoric acid groups is 2. The van der Waals surface area contributed by atoms with Crippen molar-refractivity contribution in [3.8, 4) is 0 Å². The van der Waals surface area contributed by atoms with Gasteiger partial charge in [-0.15, -0.1) is 0 Å². The molecule has 0 heterocycles. The molecule has 0 spiro atoms. The minimum atomic E-state index is -4.92. The molecule has 0 rings (SSSR count). The Morgan fingerprint density at radius 3 is 1.36 bits per heavy atom. The zero-order chi connectivity index (χ0) is 8.41. The van der Waals surface area contributed by atoms with Gasteiger partial charge in [0.1, 0.15) is 0 Å². The van der Waals surface area contributed by atoms with Crippen LogP contribution in [0.1, 0.15) is 5.71 Å². The third-order valence-electron chi connectivity index (χ3n) is 0.343. The first-order chi connectivity index (χ1) is 4.27. The molecule has 1 unspecified atom stereocenters. The summed E-state index contributed by atoms with van der Waals surface area (Å²) in [6.07, 6.45) is 0. The predicted octanol–water partition coefficient (Wildman–Crippen LogP) is -12.5. The smallest absolute Gasteiger partial charge is 1.00 e. The molecule has 0 aliphatic rings. The van der Waals surface area contributed by atoms with E-state index in [1.54, 1.807) is 0 Å². The minimum Gasteiger partial charge on any atom is -1.00 e. The molecule has 0 aliphatic heterocycles. The molecule has 68 valence electrons. The van der Waals surface area contributed by atoms with Gasteiger partial charge in [0, 0.05) is 0 Å². The van der Waals surface area contributed by atoms with Gasteiger partial charge in [-0.05, 0) is 0 Å². The van der Waals surface area contributed by atoms with Crippen molar-refractivity contribution < 1.29 is 155 Å². The molecule has 0 saturated carbocycles. The summed E-state index contributed by atoms with van der Waals surface area (Å²) < 4.78 is 27.3.